The van der Waals surface area contributed by atoms with Crippen molar-refractivity contribution < 1.29 is 28.6 Å². The number of carbonyl (C=O) groups is 3. The molecule has 0 heterocycles. The van der Waals surface area contributed by atoms with Crippen LogP contribution in [0.4, 0.5) is 0 Å². The van der Waals surface area contributed by atoms with Crippen molar-refractivity contribution in [1.29, 1.82) is 0 Å². The molecule has 0 bridgehead atoms. The Kier molecular flexibility index (Phi) is 64.1. The van der Waals surface area contributed by atoms with Gasteiger partial charge in [-0.25, -0.2) is 0 Å². The quantitative estimate of drug-likeness (QED) is 0.0261. The van der Waals surface area contributed by atoms with Crippen molar-refractivity contribution >= 4 is 17.9 Å². The molecule has 0 N–H and O–H groups in total. The third-order valence-electron chi connectivity index (χ3n) is 16.0. The van der Waals surface area contributed by atoms with E-state index in [0.29, 0.717) is 19.3 Å². The van der Waals surface area contributed by atoms with Gasteiger partial charge in [0.25, 0.3) is 0 Å². The van der Waals surface area contributed by atoms with E-state index < -0.39 is 6.10 Å². The van der Waals surface area contributed by atoms with Crippen LogP contribution in [0, 0.1) is 0 Å². The van der Waals surface area contributed by atoms with Crippen LogP contribution in [0.5, 0.6) is 0 Å². The van der Waals surface area contributed by atoms with E-state index in [2.05, 4.69) is 32.9 Å². The lowest BCUT2D eigenvalue weighted by atomic mass is 10.0. The third kappa shape index (κ3) is 63.0. The van der Waals surface area contributed by atoms with E-state index in [-0.39, 0.29) is 31.1 Å². The summed E-state index contributed by atoms with van der Waals surface area (Å²) >= 11 is 0. The predicted octanol–water partition coefficient (Wildman–Crippen LogP) is 23.6. The molecule has 0 amide bonds. The second-order valence-electron chi connectivity index (χ2n) is 23.8. The van der Waals surface area contributed by atoms with Gasteiger partial charge in [-0.2, -0.15) is 0 Å². The Balaban J connectivity index is 4.16. The molecule has 0 aliphatic carbocycles. The fourth-order valence-electron chi connectivity index (χ4n) is 10.8. The molecule has 0 spiro atoms. The first kappa shape index (κ1) is 74.2. The molecule has 1 unspecified atom stereocenters. The van der Waals surface area contributed by atoms with Gasteiger partial charge in [0, 0.05) is 19.3 Å². The van der Waals surface area contributed by atoms with Crippen LogP contribution in [0.25, 0.3) is 0 Å². The molecule has 0 saturated carbocycles. The summed E-state index contributed by atoms with van der Waals surface area (Å²) in [4.78, 5) is 38.3. The summed E-state index contributed by atoms with van der Waals surface area (Å²) in [5.74, 6) is -0.842. The summed E-state index contributed by atoms with van der Waals surface area (Å²) in [6.07, 6.45) is 78.2. The molecule has 450 valence electrons. The van der Waals surface area contributed by atoms with Crippen LogP contribution in [0.15, 0.2) is 12.2 Å². The molecule has 6 nitrogen and oxygen atoms in total. The van der Waals surface area contributed by atoms with Crippen LogP contribution in [0.2, 0.25) is 0 Å². The Bertz CT molecular complexity index is 1180. The number of unbranched alkanes of at least 4 members (excludes halogenated alkanes) is 52. The highest BCUT2D eigenvalue weighted by atomic mass is 16.6. The van der Waals surface area contributed by atoms with Gasteiger partial charge >= 0.3 is 17.9 Å². The molecule has 76 heavy (non-hydrogen) atoms. The number of hydrogen-bond acceptors (Lipinski definition) is 6. The van der Waals surface area contributed by atoms with Crippen LogP contribution >= 0.6 is 0 Å². The summed E-state index contributed by atoms with van der Waals surface area (Å²) in [6, 6.07) is 0. The molecule has 0 fully saturated rings. The van der Waals surface area contributed by atoms with Crippen molar-refractivity contribution in [2.24, 2.45) is 0 Å². The van der Waals surface area contributed by atoms with Gasteiger partial charge in [-0.15, -0.1) is 0 Å². The molecule has 1 atom stereocenters. The first-order chi connectivity index (χ1) is 37.5. The fourth-order valence-corrected chi connectivity index (χ4v) is 10.8. The number of ether oxygens (including phenoxy) is 3. The maximum Gasteiger partial charge on any atom is 0.306 e. The van der Waals surface area contributed by atoms with Gasteiger partial charge in [0.05, 0.1) is 0 Å². The summed E-state index contributed by atoms with van der Waals surface area (Å²) in [5, 5.41) is 0. The Hall–Kier alpha value is -1.85. The van der Waals surface area contributed by atoms with Crippen molar-refractivity contribution in [2.75, 3.05) is 13.2 Å². The van der Waals surface area contributed by atoms with E-state index in [1.165, 1.54) is 295 Å². The minimum atomic E-state index is -0.770. The minimum absolute atomic E-state index is 0.0667. The molecular weight excluding hydrogens is 937 g/mol. The zero-order valence-electron chi connectivity index (χ0n) is 51.8. The van der Waals surface area contributed by atoms with Gasteiger partial charge in [0.1, 0.15) is 13.2 Å². The Labute approximate surface area is 475 Å². The van der Waals surface area contributed by atoms with Gasteiger partial charge in [-0.1, -0.05) is 348 Å². The Morgan fingerprint density at radius 3 is 0.658 bits per heavy atom. The summed E-state index contributed by atoms with van der Waals surface area (Å²) in [7, 11) is 0. The molecule has 6 heteroatoms. The average molecular weight is 1070 g/mol. The Morgan fingerprint density at radius 1 is 0.250 bits per heavy atom. The summed E-state index contributed by atoms with van der Waals surface area (Å²) in [5.41, 5.74) is 0. The number of allylic oxidation sites excluding steroid dienone is 2. The van der Waals surface area contributed by atoms with Crippen molar-refractivity contribution in [2.45, 2.75) is 406 Å². The second kappa shape index (κ2) is 65.7. The highest BCUT2D eigenvalue weighted by Gasteiger charge is 2.19. The molecule has 0 aliphatic heterocycles. The van der Waals surface area contributed by atoms with E-state index in [1.807, 2.05) is 0 Å². The summed E-state index contributed by atoms with van der Waals surface area (Å²) in [6.45, 7) is 6.71. The van der Waals surface area contributed by atoms with Crippen molar-refractivity contribution in [3.63, 3.8) is 0 Å². The largest absolute Gasteiger partial charge is 0.462 e. The second-order valence-corrected chi connectivity index (χ2v) is 23.8. The maximum absolute atomic E-state index is 12.9. The lowest BCUT2D eigenvalue weighted by Gasteiger charge is -2.18. The maximum atomic E-state index is 12.9. The Morgan fingerprint density at radius 2 is 0.434 bits per heavy atom. The predicted molar refractivity (Wildman–Crippen MR) is 330 cm³/mol. The van der Waals surface area contributed by atoms with Crippen LogP contribution in [0.1, 0.15) is 400 Å². The molecule has 0 aromatic rings. The lowest BCUT2D eigenvalue weighted by Crippen LogP contribution is -2.30. The summed E-state index contributed by atoms with van der Waals surface area (Å²) < 4.78 is 17.0. The number of esters is 3. The smallest absolute Gasteiger partial charge is 0.306 e. The van der Waals surface area contributed by atoms with Crippen molar-refractivity contribution in [3.8, 4) is 0 Å². The molecule has 0 aromatic heterocycles. The first-order valence-electron chi connectivity index (χ1n) is 34.7. The van der Waals surface area contributed by atoms with E-state index >= 15 is 0 Å². The van der Waals surface area contributed by atoms with Crippen molar-refractivity contribution in [3.05, 3.63) is 12.2 Å². The van der Waals surface area contributed by atoms with Crippen molar-refractivity contribution in [1.82, 2.24) is 0 Å². The van der Waals surface area contributed by atoms with E-state index in [0.717, 1.165) is 64.2 Å². The first-order valence-corrected chi connectivity index (χ1v) is 34.7. The zero-order chi connectivity index (χ0) is 55.0. The molecule has 0 rings (SSSR count). The standard InChI is InChI=1S/C70H134O6/c1-4-7-10-13-16-19-22-25-28-30-31-32-33-34-35-36-37-38-39-40-41-43-45-48-51-54-57-60-63-69(72)75-66-67(65-74-68(71)62-59-56-53-50-47-44-27-24-21-18-15-12-9-6-3)76-70(73)64-61-58-55-52-49-46-42-29-26-23-20-17-14-11-8-5-2/h29,42,67H,4-28,30-41,43-66H2,1-3H3/b42-29-. The monoisotopic (exact) mass is 1070 g/mol. The third-order valence-corrected chi connectivity index (χ3v) is 16.0. The minimum Gasteiger partial charge on any atom is -0.462 e. The zero-order valence-corrected chi connectivity index (χ0v) is 51.8. The van der Waals surface area contributed by atoms with E-state index in [4.69, 9.17) is 14.2 Å². The van der Waals surface area contributed by atoms with Gasteiger partial charge < -0.3 is 14.2 Å². The van der Waals surface area contributed by atoms with E-state index in [1.54, 1.807) is 0 Å². The average Bonchev–Trinajstić information content (AvgIpc) is 3.42. The van der Waals surface area contributed by atoms with Crippen LogP contribution in [-0.2, 0) is 28.6 Å². The highest BCUT2D eigenvalue weighted by molar-refractivity contribution is 5.71. The lowest BCUT2D eigenvalue weighted by molar-refractivity contribution is -0.167. The SMILES string of the molecule is CCCCCCCCC/C=C\CCCCCCCC(=O)OC(COC(=O)CCCCCCCCCCCCCCCC)COC(=O)CCCCCCCCCCCCCCCCCCCCCCCCCCCCCC. The van der Waals surface area contributed by atoms with Crippen LogP contribution < -0.4 is 0 Å². The molecule has 0 aromatic carbocycles. The van der Waals surface area contributed by atoms with Gasteiger partial charge in [0.2, 0.25) is 0 Å². The highest BCUT2D eigenvalue weighted by Crippen LogP contribution is 2.19. The number of rotatable bonds is 65. The van der Waals surface area contributed by atoms with Crippen LogP contribution in [-0.4, -0.2) is 37.2 Å². The molecule has 0 saturated heterocycles. The van der Waals surface area contributed by atoms with Gasteiger partial charge in [-0.05, 0) is 44.9 Å². The normalized spacial score (nSPS) is 12.0. The topological polar surface area (TPSA) is 78.9 Å². The molecule has 0 aliphatic rings. The van der Waals surface area contributed by atoms with Gasteiger partial charge in [-0.3, -0.25) is 14.4 Å². The molecule has 0 radical (unpaired) electrons. The van der Waals surface area contributed by atoms with Gasteiger partial charge in [0.15, 0.2) is 6.10 Å². The number of hydrogen-bond donors (Lipinski definition) is 0. The number of carbonyl (C=O) groups excluding carboxylic acids is 3. The molecular formula is C70H134O6. The van der Waals surface area contributed by atoms with Crippen LogP contribution in [0.3, 0.4) is 0 Å². The fraction of sp³-hybridized carbons (Fsp3) is 0.929. The van der Waals surface area contributed by atoms with E-state index in [9.17, 15) is 14.4 Å².